The second-order valence-corrected chi connectivity index (χ2v) is 5.54. The van der Waals surface area contributed by atoms with E-state index in [9.17, 15) is 8.42 Å². The Morgan fingerprint density at radius 1 is 1.21 bits per heavy atom. The molecule has 78 valence electrons. The smallest absolute Gasteiger partial charge is 0.191 e. The predicted octanol–water partition coefficient (Wildman–Crippen LogP) is 1.50. The first-order valence-corrected chi connectivity index (χ1v) is 6.15. The van der Waals surface area contributed by atoms with E-state index >= 15 is 0 Å². The minimum atomic E-state index is -3.26. The van der Waals surface area contributed by atoms with Crippen molar-refractivity contribution < 1.29 is 8.42 Å². The average molecular weight is 213 g/mol. The molecule has 0 aliphatic carbocycles. The number of hydrogen-bond donors (Lipinski definition) is 1. The molecule has 0 aliphatic heterocycles. The molecule has 2 N–H and O–H groups in total. The largest absolute Gasteiger partial charge is 0.317 e. The highest BCUT2D eigenvalue weighted by Gasteiger charge is 2.11. The van der Waals surface area contributed by atoms with Crippen LogP contribution in [-0.2, 0) is 9.84 Å². The topological polar surface area (TPSA) is 60.2 Å². The maximum Gasteiger partial charge on any atom is 0.191 e. The molecule has 0 saturated heterocycles. The van der Waals surface area contributed by atoms with E-state index in [1.165, 1.54) is 0 Å². The number of sulfone groups is 1. The number of nitrogens with two attached hydrogens (primary N) is 1. The molecule has 0 aliphatic rings. The summed E-state index contributed by atoms with van der Waals surface area (Å²) in [4.78, 5) is 0.296. The van der Waals surface area contributed by atoms with Gasteiger partial charge in [-0.25, -0.2) is 8.42 Å². The molecule has 4 heteroatoms. The Morgan fingerprint density at radius 3 is 2.07 bits per heavy atom. The van der Waals surface area contributed by atoms with Crippen LogP contribution in [0.25, 0.3) is 0 Å². The Balaban J connectivity index is 3.06. The predicted molar refractivity (Wildman–Crippen MR) is 56.8 cm³/mol. The molecule has 0 saturated carbocycles. The van der Waals surface area contributed by atoms with Crippen molar-refractivity contribution in [2.24, 2.45) is 5.73 Å². The minimum absolute atomic E-state index is 0.296. The van der Waals surface area contributed by atoms with Crippen LogP contribution in [-0.4, -0.2) is 14.3 Å². The molecule has 1 aromatic rings. The third-order valence-corrected chi connectivity index (χ3v) is 3.55. The van der Waals surface area contributed by atoms with Gasteiger partial charge in [-0.15, -0.1) is 0 Å². The Morgan fingerprint density at radius 2 is 1.71 bits per heavy atom. The van der Waals surface area contributed by atoms with Gasteiger partial charge in [0.25, 0.3) is 0 Å². The first-order valence-electron chi connectivity index (χ1n) is 4.50. The van der Waals surface area contributed by atoms with Gasteiger partial charge in [-0.05, 0) is 23.6 Å². The molecule has 0 spiro atoms. The quantitative estimate of drug-likeness (QED) is 0.827. The van der Waals surface area contributed by atoms with Gasteiger partial charge < -0.3 is 5.73 Å². The van der Waals surface area contributed by atoms with Crippen LogP contribution in [0, 0.1) is 0 Å². The van der Waals surface area contributed by atoms with Crippen molar-refractivity contribution in [3.8, 4) is 0 Å². The second kappa shape index (κ2) is 4.11. The molecule has 1 rings (SSSR count). The molecular weight excluding hydrogens is 198 g/mol. The van der Waals surface area contributed by atoms with Gasteiger partial charge in [-0.3, -0.25) is 0 Å². The van der Waals surface area contributed by atoms with Crippen molar-refractivity contribution in [1.29, 1.82) is 0 Å². The average Bonchev–Trinajstić information content (AvgIpc) is 2.18. The highest BCUT2D eigenvalue weighted by molar-refractivity contribution is 7.91. The summed E-state index contributed by atoms with van der Waals surface area (Å²) >= 11 is 0. The van der Waals surface area contributed by atoms with E-state index in [1.807, 2.05) is 12.1 Å². The van der Waals surface area contributed by atoms with Crippen molar-refractivity contribution in [2.75, 3.05) is 5.88 Å². The van der Waals surface area contributed by atoms with Crippen molar-refractivity contribution in [2.45, 2.75) is 24.7 Å². The monoisotopic (exact) mass is 213 g/mol. The van der Waals surface area contributed by atoms with Crippen molar-refractivity contribution in [3.63, 3.8) is 0 Å². The number of benzene rings is 1. The highest BCUT2D eigenvalue weighted by atomic mass is 32.2. The zero-order chi connectivity index (χ0) is 10.8. The lowest BCUT2D eigenvalue weighted by Crippen LogP contribution is -2.14. The summed E-state index contributed by atoms with van der Waals surface area (Å²) in [6, 6.07) is 6.87. The molecule has 0 unspecified atom stereocenters. The summed E-state index contributed by atoms with van der Waals surface area (Å²) in [7, 11) is -3.26. The lowest BCUT2D eigenvalue weighted by Gasteiger charge is -2.06. The van der Waals surface area contributed by atoms with Gasteiger partial charge in [0.2, 0.25) is 0 Å². The summed E-state index contributed by atoms with van der Waals surface area (Å²) in [5.41, 5.74) is 6.27. The lowest BCUT2D eigenvalue weighted by atomic mass is 10.0. The van der Waals surface area contributed by atoms with E-state index in [-0.39, 0.29) is 5.88 Å². The van der Waals surface area contributed by atoms with Crippen LogP contribution in [0.4, 0.5) is 0 Å². The Kier molecular flexibility index (Phi) is 3.29. The molecule has 0 heterocycles. The Hall–Kier alpha value is -0.870. The van der Waals surface area contributed by atoms with E-state index in [1.54, 1.807) is 12.1 Å². The fourth-order valence-corrected chi connectivity index (χ4v) is 1.90. The summed E-state index contributed by atoms with van der Waals surface area (Å²) < 4.78 is 22.7. The molecule has 0 bridgehead atoms. The first-order chi connectivity index (χ1) is 6.47. The third-order valence-electron chi connectivity index (χ3n) is 2.13. The van der Waals surface area contributed by atoms with Crippen molar-refractivity contribution >= 4 is 9.84 Å². The zero-order valence-electron chi connectivity index (χ0n) is 8.40. The number of hydrogen-bond acceptors (Lipinski definition) is 3. The Bertz CT molecular complexity index is 393. The van der Waals surface area contributed by atoms with Gasteiger partial charge >= 0.3 is 0 Å². The van der Waals surface area contributed by atoms with Crippen molar-refractivity contribution in [1.82, 2.24) is 0 Å². The second-order valence-electron chi connectivity index (χ2n) is 3.51. The molecule has 0 radical (unpaired) electrons. The van der Waals surface area contributed by atoms with Crippen LogP contribution in [0.1, 0.15) is 25.3 Å². The highest BCUT2D eigenvalue weighted by Crippen LogP contribution is 2.17. The molecule has 0 fully saturated rings. The van der Waals surface area contributed by atoms with E-state index in [0.29, 0.717) is 10.8 Å². The Labute approximate surface area is 84.9 Å². The number of rotatable bonds is 3. The zero-order valence-corrected chi connectivity index (χ0v) is 9.21. The lowest BCUT2D eigenvalue weighted by molar-refractivity contribution is 0.596. The van der Waals surface area contributed by atoms with Gasteiger partial charge in [0.1, 0.15) is 5.88 Å². The van der Waals surface area contributed by atoms with E-state index in [2.05, 4.69) is 13.8 Å². The van der Waals surface area contributed by atoms with Gasteiger partial charge in [0.05, 0.1) is 4.90 Å². The van der Waals surface area contributed by atoms with E-state index < -0.39 is 9.84 Å². The summed E-state index contributed by atoms with van der Waals surface area (Å²) in [5.74, 6) is 0.0678. The minimum Gasteiger partial charge on any atom is -0.317 e. The van der Waals surface area contributed by atoms with E-state index in [4.69, 9.17) is 5.73 Å². The maximum atomic E-state index is 11.4. The fraction of sp³-hybridized carbons (Fsp3) is 0.400. The van der Waals surface area contributed by atoms with Gasteiger partial charge in [0.15, 0.2) is 9.84 Å². The summed E-state index contributed by atoms with van der Waals surface area (Å²) in [5, 5.41) is 0. The third kappa shape index (κ3) is 2.33. The normalized spacial score (nSPS) is 12.0. The molecule has 1 aromatic carbocycles. The van der Waals surface area contributed by atoms with Crippen LogP contribution < -0.4 is 5.73 Å². The van der Waals surface area contributed by atoms with Gasteiger partial charge in [-0.2, -0.15) is 0 Å². The molecule has 0 atom stereocenters. The fourth-order valence-electron chi connectivity index (χ4n) is 1.16. The standard InChI is InChI=1S/C10H15NO2S/c1-8(2)9-3-5-10(6-4-9)14(12,13)7-11/h3-6,8H,7,11H2,1-2H3. The molecule has 0 amide bonds. The van der Waals surface area contributed by atoms with Crippen LogP contribution in [0.3, 0.4) is 0 Å². The summed E-state index contributed by atoms with van der Waals surface area (Å²) in [6.45, 7) is 4.12. The van der Waals surface area contributed by atoms with Gasteiger partial charge in [-0.1, -0.05) is 26.0 Å². The molecule has 14 heavy (non-hydrogen) atoms. The molecular formula is C10H15NO2S. The van der Waals surface area contributed by atoms with E-state index in [0.717, 1.165) is 5.56 Å². The first kappa shape index (κ1) is 11.2. The maximum absolute atomic E-state index is 11.4. The van der Waals surface area contributed by atoms with Crippen LogP contribution >= 0.6 is 0 Å². The summed E-state index contributed by atoms with van der Waals surface area (Å²) in [6.07, 6.45) is 0. The molecule has 0 aromatic heterocycles. The van der Waals surface area contributed by atoms with Crippen LogP contribution in [0.15, 0.2) is 29.2 Å². The van der Waals surface area contributed by atoms with Crippen LogP contribution in [0.2, 0.25) is 0 Å². The van der Waals surface area contributed by atoms with Crippen LogP contribution in [0.5, 0.6) is 0 Å². The molecule has 3 nitrogen and oxygen atoms in total. The SMILES string of the molecule is CC(C)c1ccc(S(=O)(=O)CN)cc1. The van der Waals surface area contributed by atoms with Gasteiger partial charge in [0, 0.05) is 0 Å². The van der Waals surface area contributed by atoms with Crippen molar-refractivity contribution in [3.05, 3.63) is 29.8 Å².